The number of aromatic nitrogens is 1. The molecule has 0 saturated heterocycles. The van der Waals surface area contributed by atoms with Gasteiger partial charge < -0.3 is 14.7 Å². The zero-order chi connectivity index (χ0) is 16.2. The third kappa shape index (κ3) is 4.21. The van der Waals surface area contributed by atoms with Crippen molar-refractivity contribution in [3.05, 3.63) is 36.0 Å². The van der Waals surface area contributed by atoms with Crippen LogP contribution < -0.4 is 5.32 Å². The van der Waals surface area contributed by atoms with Crippen molar-refractivity contribution in [3.8, 4) is 0 Å². The van der Waals surface area contributed by atoms with Gasteiger partial charge in [0.05, 0.1) is 0 Å². The molecule has 0 aliphatic heterocycles. The summed E-state index contributed by atoms with van der Waals surface area (Å²) in [4.78, 5) is 3.33. The van der Waals surface area contributed by atoms with E-state index >= 15 is 0 Å². The molecule has 0 spiro atoms. The van der Waals surface area contributed by atoms with E-state index in [1.54, 1.807) is 0 Å². The van der Waals surface area contributed by atoms with E-state index in [2.05, 4.69) is 74.6 Å². The van der Waals surface area contributed by atoms with Gasteiger partial charge in [-0.05, 0) is 42.7 Å². The fourth-order valence-electron chi connectivity index (χ4n) is 2.28. The maximum atomic E-state index is 6.17. The minimum atomic E-state index is -1.60. The van der Waals surface area contributed by atoms with E-state index in [4.69, 9.17) is 4.43 Å². The van der Waals surface area contributed by atoms with E-state index < -0.39 is 8.32 Å². The minimum absolute atomic E-state index is 0.289. The Kier molecular flexibility index (Phi) is 5.48. The normalized spacial score (nSPS) is 13.0. The monoisotopic (exact) mass is 318 g/mol. The van der Waals surface area contributed by atoms with Gasteiger partial charge in [0.2, 0.25) is 0 Å². The number of hydrogen-bond acceptors (Lipinski definition) is 2. The average molecular weight is 319 g/mol. The SMILES string of the molecule is CC(C)(C)[Si](C)(C)OCCNCCc1c[nH]c2ccccc12. The van der Waals surface area contributed by atoms with Crippen LogP contribution >= 0.6 is 0 Å². The molecule has 0 saturated carbocycles. The highest BCUT2D eigenvalue weighted by molar-refractivity contribution is 6.74. The van der Waals surface area contributed by atoms with E-state index in [1.807, 2.05) is 0 Å². The van der Waals surface area contributed by atoms with Gasteiger partial charge in [-0.2, -0.15) is 0 Å². The molecule has 0 unspecified atom stereocenters. The van der Waals surface area contributed by atoms with E-state index in [0.29, 0.717) is 0 Å². The highest BCUT2D eigenvalue weighted by Crippen LogP contribution is 2.36. The molecule has 0 aliphatic rings. The summed E-state index contributed by atoms with van der Waals surface area (Å²) in [5.74, 6) is 0. The van der Waals surface area contributed by atoms with Crippen LogP contribution in [0.25, 0.3) is 10.9 Å². The van der Waals surface area contributed by atoms with Crippen LogP contribution in [0, 0.1) is 0 Å². The molecule has 2 rings (SSSR count). The molecule has 1 aromatic heterocycles. The molecule has 3 nitrogen and oxygen atoms in total. The topological polar surface area (TPSA) is 37.0 Å². The van der Waals surface area contributed by atoms with Gasteiger partial charge in [0.1, 0.15) is 0 Å². The van der Waals surface area contributed by atoms with Crippen molar-refractivity contribution in [3.63, 3.8) is 0 Å². The Hall–Kier alpha value is -1.10. The summed E-state index contributed by atoms with van der Waals surface area (Å²) in [5.41, 5.74) is 2.60. The van der Waals surface area contributed by atoms with Gasteiger partial charge in [-0.15, -0.1) is 0 Å². The zero-order valence-corrected chi connectivity index (χ0v) is 15.6. The molecule has 22 heavy (non-hydrogen) atoms. The number of nitrogens with one attached hydrogen (secondary N) is 2. The summed E-state index contributed by atoms with van der Waals surface area (Å²) in [6.45, 7) is 14.2. The Morgan fingerprint density at radius 2 is 1.86 bits per heavy atom. The predicted octanol–water partition coefficient (Wildman–Crippen LogP) is 4.32. The molecule has 1 heterocycles. The fraction of sp³-hybridized carbons (Fsp3) is 0.556. The predicted molar refractivity (Wildman–Crippen MR) is 98.0 cm³/mol. The molecule has 0 amide bonds. The standard InChI is InChI=1S/C18H30N2OSi/c1-18(2,3)22(4,5)21-13-12-19-11-10-15-14-20-17-9-7-6-8-16(15)17/h6-9,14,19-20H,10-13H2,1-5H3. The van der Waals surface area contributed by atoms with Gasteiger partial charge in [0, 0.05) is 30.3 Å². The Morgan fingerprint density at radius 3 is 2.59 bits per heavy atom. The van der Waals surface area contributed by atoms with Crippen molar-refractivity contribution in [2.75, 3.05) is 19.7 Å². The number of aromatic amines is 1. The summed E-state index contributed by atoms with van der Waals surface area (Å²) in [6.07, 6.45) is 3.17. The maximum absolute atomic E-state index is 6.17. The number of H-pyrrole nitrogens is 1. The largest absolute Gasteiger partial charge is 0.416 e. The highest BCUT2D eigenvalue weighted by Gasteiger charge is 2.36. The Bertz CT molecular complexity index is 598. The van der Waals surface area contributed by atoms with E-state index in [-0.39, 0.29) is 5.04 Å². The summed E-state index contributed by atoms with van der Waals surface area (Å²) < 4.78 is 6.17. The lowest BCUT2D eigenvalue weighted by Gasteiger charge is -2.36. The second-order valence-electron chi connectivity index (χ2n) is 7.47. The van der Waals surface area contributed by atoms with Crippen LogP contribution in [0.1, 0.15) is 26.3 Å². The molecule has 0 bridgehead atoms. The maximum Gasteiger partial charge on any atom is 0.192 e. The lowest BCUT2D eigenvalue weighted by molar-refractivity contribution is 0.286. The molecule has 0 radical (unpaired) electrons. The number of hydrogen-bond donors (Lipinski definition) is 2. The summed E-state index contributed by atoms with van der Waals surface area (Å²) in [7, 11) is -1.60. The number of rotatable bonds is 7. The molecular formula is C18H30N2OSi. The molecule has 122 valence electrons. The van der Waals surface area contributed by atoms with Gasteiger partial charge in [-0.1, -0.05) is 39.0 Å². The van der Waals surface area contributed by atoms with Gasteiger partial charge >= 0.3 is 0 Å². The molecule has 0 atom stereocenters. The second-order valence-corrected chi connectivity index (χ2v) is 12.3. The zero-order valence-electron chi connectivity index (χ0n) is 14.6. The average Bonchev–Trinajstić information content (AvgIpc) is 2.85. The molecule has 4 heteroatoms. The second kappa shape index (κ2) is 6.98. The summed E-state index contributed by atoms with van der Waals surface area (Å²) in [6, 6.07) is 8.47. The van der Waals surface area contributed by atoms with Gasteiger partial charge in [-0.25, -0.2) is 0 Å². The van der Waals surface area contributed by atoms with Crippen molar-refractivity contribution in [2.45, 2.75) is 45.3 Å². The molecule has 0 aliphatic carbocycles. The third-order valence-corrected chi connectivity index (χ3v) is 9.33. The van der Waals surface area contributed by atoms with Gasteiger partial charge in [0.25, 0.3) is 0 Å². The van der Waals surface area contributed by atoms with Crippen molar-refractivity contribution in [1.29, 1.82) is 0 Å². The first-order valence-electron chi connectivity index (χ1n) is 8.21. The van der Waals surface area contributed by atoms with Crippen molar-refractivity contribution in [1.82, 2.24) is 10.3 Å². The molecule has 1 aromatic carbocycles. The van der Waals surface area contributed by atoms with Gasteiger partial charge in [0.15, 0.2) is 8.32 Å². The van der Waals surface area contributed by atoms with Crippen LogP contribution in [0.5, 0.6) is 0 Å². The third-order valence-electron chi connectivity index (χ3n) is 4.79. The van der Waals surface area contributed by atoms with Crippen LogP contribution in [-0.2, 0) is 10.8 Å². The number of benzene rings is 1. The van der Waals surface area contributed by atoms with Crippen molar-refractivity contribution >= 4 is 19.2 Å². The van der Waals surface area contributed by atoms with Crippen molar-refractivity contribution < 1.29 is 4.43 Å². The molecule has 0 fully saturated rings. The molecular weight excluding hydrogens is 288 g/mol. The number of para-hydroxylation sites is 1. The van der Waals surface area contributed by atoms with Crippen LogP contribution in [0.4, 0.5) is 0 Å². The van der Waals surface area contributed by atoms with Crippen LogP contribution in [0.2, 0.25) is 18.1 Å². The summed E-state index contributed by atoms with van der Waals surface area (Å²) in [5, 5.41) is 5.12. The Morgan fingerprint density at radius 1 is 1.14 bits per heavy atom. The van der Waals surface area contributed by atoms with Crippen LogP contribution in [0.15, 0.2) is 30.5 Å². The van der Waals surface area contributed by atoms with E-state index in [9.17, 15) is 0 Å². The minimum Gasteiger partial charge on any atom is -0.416 e. The van der Waals surface area contributed by atoms with Crippen LogP contribution in [-0.4, -0.2) is 33.0 Å². The molecule has 2 aromatic rings. The smallest absolute Gasteiger partial charge is 0.192 e. The first-order valence-corrected chi connectivity index (χ1v) is 11.1. The lowest BCUT2D eigenvalue weighted by Crippen LogP contribution is -2.42. The summed E-state index contributed by atoms with van der Waals surface area (Å²) >= 11 is 0. The van der Waals surface area contributed by atoms with Gasteiger partial charge in [-0.3, -0.25) is 0 Å². The lowest BCUT2D eigenvalue weighted by atomic mass is 10.1. The van der Waals surface area contributed by atoms with E-state index in [0.717, 1.165) is 26.1 Å². The van der Waals surface area contributed by atoms with Crippen molar-refractivity contribution in [2.24, 2.45) is 0 Å². The van der Waals surface area contributed by atoms with E-state index in [1.165, 1.54) is 16.5 Å². The first kappa shape index (κ1) is 17.3. The van der Waals surface area contributed by atoms with Crippen LogP contribution in [0.3, 0.4) is 0 Å². The number of fused-ring (bicyclic) bond motifs is 1. The Balaban J connectivity index is 1.70. The quantitative estimate of drug-likeness (QED) is 0.589. The first-order chi connectivity index (χ1) is 10.3. The molecule has 2 N–H and O–H groups in total. The fourth-order valence-corrected chi connectivity index (χ4v) is 3.33. The Labute approximate surface area is 135 Å². The highest BCUT2D eigenvalue weighted by atomic mass is 28.4.